The number of nitrogens with one attached hydrogen (secondary N) is 1. The Balaban J connectivity index is 1.88. The topological polar surface area (TPSA) is 44.7 Å². The van der Waals surface area contributed by atoms with Gasteiger partial charge >= 0.3 is 0 Å². The summed E-state index contributed by atoms with van der Waals surface area (Å²) < 4.78 is 0. The second-order valence-electron chi connectivity index (χ2n) is 7.20. The van der Waals surface area contributed by atoms with Gasteiger partial charge in [-0.05, 0) is 56.3 Å². The average molecular weight is 402 g/mol. The molecule has 1 aromatic heterocycles. The Bertz CT molecular complexity index is 900. The summed E-state index contributed by atoms with van der Waals surface area (Å²) in [5.74, 6) is -0.220. The Morgan fingerprint density at radius 1 is 1.41 bits per heavy atom. The van der Waals surface area contributed by atoms with E-state index in [9.17, 15) is 4.79 Å². The number of rotatable bonds is 5. The molecule has 1 N–H and O–H groups in total. The lowest BCUT2D eigenvalue weighted by molar-refractivity contribution is 0.0959. The van der Waals surface area contributed by atoms with Crippen LogP contribution in [0.5, 0.6) is 0 Å². The third kappa shape index (κ3) is 4.09. The molecule has 0 aliphatic carbocycles. The highest BCUT2D eigenvalue weighted by Gasteiger charge is 2.31. The van der Waals surface area contributed by atoms with Gasteiger partial charge in [-0.15, -0.1) is 11.3 Å². The minimum Gasteiger partial charge on any atom is -0.362 e. The van der Waals surface area contributed by atoms with E-state index in [-0.39, 0.29) is 11.4 Å². The number of carbonyl (C=O) groups excluding carboxylic acids is 1. The summed E-state index contributed by atoms with van der Waals surface area (Å²) in [6.07, 6.45) is 4.95. The minimum atomic E-state index is -0.220. The van der Waals surface area contributed by atoms with Gasteiger partial charge in [0.2, 0.25) is 0 Å². The molecule has 3 rings (SSSR count). The molecule has 142 valence electrons. The fraction of sp³-hybridized carbons (Fsp3) is 0.333. The second kappa shape index (κ2) is 7.87. The van der Waals surface area contributed by atoms with Gasteiger partial charge in [0.25, 0.3) is 5.91 Å². The highest BCUT2D eigenvalue weighted by Crippen LogP contribution is 2.41. The SMILES string of the molecule is CCCN1c2cc(Cl)c(/C=N/NC(=O)c3cccs3)cc2C(C)=CC1(C)C. The van der Waals surface area contributed by atoms with Gasteiger partial charge in [0.05, 0.1) is 21.7 Å². The number of carbonyl (C=O) groups is 1. The van der Waals surface area contributed by atoms with Crippen molar-refractivity contribution in [1.29, 1.82) is 0 Å². The molecule has 0 bridgehead atoms. The maximum atomic E-state index is 12.0. The minimum absolute atomic E-state index is 0.0549. The third-order valence-corrected chi connectivity index (χ3v) is 5.85. The van der Waals surface area contributed by atoms with Gasteiger partial charge in [-0.25, -0.2) is 5.43 Å². The van der Waals surface area contributed by atoms with Crippen molar-refractivity contribution in [2.45, 2.75) is 39.7 Å². The number of benzene rings is 1. The molecule has 0 radical (unpaired) electrons. The van der Waals surface area contributed by atoms with Gasteiger partial charge in [-0.3, -0.25) is 4.79 Å². The van der Waals surface area contributed by atoms with Crippen LogP contribution in [0.25, 0.3) is 5.57 Å². The van der Waals surface area contributed by atoms with E-state index in [0.29, 0.717) is 9.90 Å². The first-order valence-corrected chi connectivity index (χ1v) is 10.3. The van der Waals surface area contributed by atoms with E-state index in [1.54, 1.807) is 12.3 Å². The highest BCUT2D eigenvalue weighted by molar-refractivity contribution is 7.12. The van der Waals surface area contributed by atoms with E-state index < -0.39 is 0 Å². The number of hydrogen-bond acceptors (Lipinski definition) is 4. The van der Waals surface area contributed by atoms with Gasteiger partial charge in [0.15, 0.2) is 0 Å². The molecule has 1 aliphatic heterocycles. The van der Waals surface area contributed by atoms with E-state index in [1.807, 2.05) is 23.6 Å². The Morgan fingerprint density at radius 3 is 2.85 bits per heavy atom. The third-order valence-electron chi connectivity index (χ3n) is 4.66. The molecule has 27 heavy (non-hydrogen) atoms. The molecule has 0 fully saturated rings. The van der Waals surface area contributed by atoms with E-state index in [4.69, 9.17) is 11.6 Å². The molecule has 1 amide bonds. The largest absolute Gasteiger partial charge is 0.362 e. The van der Waals surface area contributed by atoms with Crippen LogP contribution in [0.1, 0.15) is 54.9 Å². The normalized spacial score (nSPS) is 15.6. The van der Waals surface area contributed by atoms with Crippen LogP contribution >= 0.6 is 22.9 Å². The lowest BCUT2D eigenvalue weighted by Gasteiger charge is -2.43. The molecule has 0 unspecified atom stereocenters. The smallest absolute Gasteiger partial charge is 0.281 e. The van der Waals surface area contributed by atoms with Gasteiger partial charge in [-0.1, -0.05) is 30.7 Å². The van der Waals surface area contributed by atoms with E-state index in [2.05, 4.69) is 49.2 Å². The zero-order chi connectivity index (χ0) is 19.6. The number of fused-ring (bicyclic) bond motifs is 1. The first-order chi connectivity index (χ1) is 12.8. The number of amides is 1. The van der Waals surface area contributed by atoms with E-state index >= 15 is 0 Å². The summed E-state index contributed by atoms with van der Waals surface area (Å²) in [5, 5.41) is 6.56. The summed E-state index contributed by atoms with van der Waals surface area (Å²) in [4.78, 5) is 15.0. The monoisotopic (exact) mass is 401 g/mol. The van der Waals surface area contributed by atoms with Crippen LogP contribution in [-0.4, -0.2) is 24.2 Å². The van der Waals surface area contributed by atoms with Crippen molar-refractivity contribution < 1.29 is 4.79 Å². The van der Waals surface area contributed by atoms with E-state index in [1.165, 1.54) is 16.9 Å². The summed E-state index contributed by atoms with van der Waals surface area (Å²) >= 11 is 7.91. The van der Waals surface area contributed by atoms with Crippen molar-refractivity contribution >= 4 is 46.3 Å². The number of hydrazone groups is 1. The van der Waals surface area contributed by atoms with Crippen molar-refractivity contribution in [2.75, 3.05) is 11.4 Å². The van der Waals surface area contributed by atoms with Crippen molar-refractivity contribution in [3.8, 4) is 0 Å². The van der Waals surface area contributed by atoms with Crippen molar-refractivity contribution in [3.63, 3.8) is 0 Å². The Morgan fingerprint density at radius 2 is 2.19 bits per heavy atom. The molecule has 4 nitrogen and oxygen atoms in total. The summed E-state index contributed by atoms with van der Waals surface area (Å²) in [6.45, 7) is 9.71. The molecule has 1 aromatic carbocycles. The van der Waals surface area contributed by atoms with Gasteiger partial charge in [0.1, 0.15) is 0 Å². The van der Waals surface area contributed by atoms with Gasteiger partial charge < -0.3 is 4.90 Å². The molecule has 6 heteroatoms. The van der Waals surface area contributed by atoms with Crippen LogP contribution in [0.4, 0.5) is 5.69 Å². The van der Waals surface area contributed by atoms with Crippen molar-refractivity contribution in [3.05, 3.63) is 56.7 Å². The number of anilines is 1. The zero-order valence-corrected chi connectivity index (χ0v) is 17.6. The standard InChI is InChI=1S/C21H24ClN3OS/c1-5-8-25-18-11-17(22)15(10-16(18)14(2)12-21(25,3)4)13-23-24-20(26)19-7-6-9-27-19/h6-7,9-13H,5,8H2,1-4H3,(H,24,26)/b23-13+. The maximum absolute atomic E-state index is 12.0. The Kier molecular flexibility index (Phi) is 5.72. The predicted octanol–water partition coefficient (Wildman–Crippen LogP) is 5.58. The van der Waals surface area contributed by atoms with Gasteiger partial charge in [0, 0.05) is 23.4 Å². The molecular weight excluding hydrogens is 378 g/mol. The number of halogens is 1. The molecule has 0 atom stereocenters. The fourth-order valence-electron chi connectivity index (χ4n) is 3.47. The molecule has 2 aromatic rings. The summed E-state index contributed by atoms with van der Waals surface area (Å²) in [7, 11) is 0. The van der Waals surface area contributed by atoms with Crippen LogP contribution in [0, 0.1) is 0 Å². The quantitative estimate of drug-likeness (QED) is 0.525. The number of allylic oxidation sites excluding steroid dienone is 1. The maximum Gasteiger partial charge on any atom is 0.281 e. The second-order valence-corrected chi connectivity index (χ2v) is 8.55. The molecule has 0 spiro atoms. The number of nitrogens with zero attached hydrogens (tertiary/aromatic N) is 2. The molecule has 1 aliphatic rings. The summed E-state index contributed by atoms with van der Waals surface area (Å²) in [6, 6.07) is 7.65. The molecule has 0 saturated carbocycles. The average Bonchev–Trinajstić information content (AvgIpc) is 3.14. The molecule has 0 saturated heterocycles. The lowest BCUT2D eigenvalue weighted by atomic mass is 9.88. The molecule has 2 heterocycles. The van der Waals surface area contributed by atoms with Crippen molar-refractivity contribution in [1.82, 2.24) is 5.43 Å². The van der Waals surface area contributed by atoms with Gasteiger partial charge in [-0.2, -0.15) is 5.10 Å². The first kappa shape index (κ1) is 19.6. The van der Waals surface area contributed by atoms with Crippen LogP contribution < -0.4 is 10.3 Å². The molecular formula is C21H24ClN3OS. The van der Waals surface area contributed by atoms with E-state index in [0.717, 1.165) is 29.8 Å². The number of thiophene rings is 1. The highest BCUT2D eigenvalue weighted by atomic mass is 35.5. The Hall–Kier alpha value is -2.11. The van der Waals surface area contributed by atoms with Crippen molar-refractivity contribution in [2.24, 2.45) is 5.10 Å². The van der Waals surface area contributed by atoms with Crippen LogP contribution in [-0.2, 0) is 0 Å². The Labute approximate surface area is 169 Å². The van der Waals surface area contributed by atoms with Crippen LogP contribution in [0.2, 0.25) is 5.02 Å². The van der Waals surface area contributed by atoms with Crippen LogP contribution in [0.15, 0.2) is 40.8 Å². The predicted molar refractivity (Wildman–Crippen MR) is 116 cm³/mol. The summed E-state index contributed by atoms with van der Waals surface area (Å²) in [5.41, 5.74) is 6.79. The number of hydrogen-bond donors (Lipinski definition) is 1. The van der Waals surface area contributed by atoms with Crippen LogP contribution in [0.3, 0.4) is 0 Å². The lowest BCUT2D eigenvalue weighted by Crippen LogP contribution is -2.45. The first-order valence-electron chi connectivity index (χ1n) is 9.01. The fourth-order valence-corrected chi connectivity index (χ4v) is 4.29. The zero-order valence-electron chi connectivity index (χ0n) is 16.0.